The molecule has 0 atom stereocenters. The van der Waals surface area contributed by atoms with Gasteiger partial charge < -0.3 is 9.64 Å². The lowest BCUT2D eigenvalue weighted by atomic mass is 9.98. The monoisotopic (exact) mass is 470 g/mol. The summed E-state index contributed by atoms with van der Waals surface area (Å²) in [4.78, 5) is 30.6. The molecule has 0 bridgehead atoms. The van der Waals surface area contributed by atoms with Crippen LogP contribution in [-0.4, -0.2) is 45.0 Å². The van der Waals surface area contributed by atoms with Crippen LogP contribution in [-0.2, 0) is 25.3 Å². The maximum Gasteiger partial charge on any atom is 0.340 e. The van der Waals surface area contributed by atoms with E-state index in [1.165, 1.54) is 6.07 Å². The van der Waals surface area contributed by atoms with Crippen LogP contribution in [0.1, 0.15) is 45.2 Å². The van der Waals surface area contributed by atoms with Crippen molar-refractivity contribution >= 4 is 27.7 Å². The average molecular weight is 471 g/mol. The summed E-state index contributed by atoms with van der Waals surface area (Å²) in [5, 5.41) is 9.49. The molecule has 1 aromatic carbocycles. The van der Waals surface area contributed by atoms with Gasteiger partial charge in [-0.1, -0.05) is 29.3 Å². The molecule has 1 fully saturated rings. The number of hydrogen-bond acceptors (Lipinski definition) is 8. The number of aryl methyl sites for hydroxylation is 3. The zero-order valence-electron chi connectivity index (χ0n) is 19.0. The molecular formula is C23H26N4O5S. The largest absolute Gasteiger partial charge is 0.462 e. The van der Waals surface area contributed by atoms with Crippen LogP contribution in [0.5, 0.6) is 0 Å². The van der Waals surface area contributed by atoms with Crippen molar-refractivity contribution < 1.29 is 22.7 Å². The highest BCUT2D eigenvalue weighted by molar-refractivity contribution is 7.89. The van der Waals surface area contributed by atoms with Crippen LogP contribution in [0.4, 0.5) is 5.82 Å². The van der Waals surface area contributed by atoms with E-state index in [2.05, 4.69) is 9.71 Å². The zero-order valence-corrected chi connectivity index (χ0v) is 19.8. The summed E-state index contributed by atoms with van der Waals surface area (Å²) >= 11 is 0. The smallest absolute Gasteiger partial charge is 0.340 e. The SMILES string of the molecule is CCOC(=O)c1cc(C#N)c(N2CC(C(=O)NS(=O)(=O)Cc3cc(C)cc(C)c3)C2)nc1C. The minimum Gasteiger partial charge on any atom is -0.462 e. The van der Waals surface area contributed by atoms with Crippen LogP contribution in [0.2, 0.25) is 0 Å². The normalized spacial score (nSPS) is 13.7. The van der Waals surface area contributed by atoms with Gasteiger partial charge >= 0.3 is 5.97 Å². The van der Waals surface area contributed by atoms with E-state index in [0.29, 0.717) is 17.1 Å². The Kier molecular flexibility index (Phi) is 7.03. The first-order valence-electron chi connectivity index (χ1n) is 10.5. The van der Waals surface area contributed by atoms with Gasteiger partial charge in [0.25, 0.3) is 0 Å². The number of nitriles is 1. The van der Waals surface area contributed by atoms with Crippen LogP contribution in [0.15, 0.2) is 24.3 Å². The second-order valence-corrected chi connectivity index (χ2v) is 9.87. The summed E-state index contributed by atoms with van der Waals surface area (Å²) < 4.78 is 32.1. The second-order valence-electron chi connectivity index (χ2n) is 8.15. The fourth-order valence-corrected chi connectivity index (χ4v) is 4.94. The molecule has 2 aromatic rings. The van der Waals surface area contributed by atoms with Gasteiger partial charge in [-0.05, 0) is 39.3 Å². The molecule has 0 aliphatic carbocycles. The van der Waals surface area contributed by atoms with Gasteiger partial charge in [0, 0.05) is 13.1 Å². The van der Waals surface area contributed by atoms with Gasteiger partial charge in [-0.25, -0.2) is 18.2 Å². The van der Waals surface area contributed by atoms with Crippen LogP contribution < -0.4 is 9.62 Å². The lowest BCUT2D eigenvalue weighted by Crippen LogP contribution is -2.55. The zero-order chi connectivity index (χ0) is 24.3. The van der Waals surface area contributed by atoms with Crippen LogP contribution in [0.3, 0.4) is 0 Å². The van der Waals surface area contributed by atoms with E-state index < -0.39 is 27.8 Å². The molecule has 1 amide bonds. The highest BCUT2D eigenvalue weighted by Gasteiger charge is 2.36. The fraction of sp³-hybridized carbons (Fsp3) is 0.391. The number of nitrogens with one attached hydrogen (secondary N) is 1. The Morgan fingerprint density at radius 1 is 1.18 bits per heavy atom. The number of benzene rings is 1. The molecule has 0 spiro atoms. The Labute approximate surface area is 193 Å². The molecule has 3 rings (SSSR count). The molecule has 0 radical (unpaired) electrons. The molecule has 1 aliphatic heterocycles. The summed E-state index contributed by atoms with van der Waals surface area (Å²) in [6.07, 6.45) is 0. The van der Waals surface area contributed by atoms with Gasteiger partial charge in [-0.2, -0.15) is 5.26 Å². The van der Waals surface area contributed by atoms with Gasteiger partial charge in [0.2, 0.25) is 15.9 Å². The molecule has 174 valence electrons. The van der Waals surface area contributed by atoms with Gasteiger partial charge in [-0.15, -0.1) is 0 Å². The quantitative estimate of drug-likeness (QED) is 0.609. The Morgan fingerprint density at radius 3 is 2.39 bits per heavy atom. The highest BCUT2D eigenvalue weighted by atomic mass is 32.2. The first kappa shape index (κ1) is 24.2. The average Bonchev–Trinajstić information content (AvgIpc) is 2.65. The third-order valence-corrected chi connectivity index (χ3v) is 6.48. The third kappa shape index (κ3) is 5.68. The predicted octanol–water partition coefficient (Wildman–Crippen LogP) is 2.14. The van der Waals surface area contributed by atoms with E-state index in [9.17, 15) is 23.3 Å². The fourth-order valence-electron chi connectivity index (χ4n) is 3.79. The Balaban J connectivity index is 1.66. The minimum atomic E-state index is -3.85. The molecular weight excluding hydrogens is 444 g/mol. The van der Waals surface area contributed by atoms with Crippen molar-refractivity contribution in [3.63, 3.8) is 0 Å². The van der Waals surface area contributed by atoms with Gasteiger partial charge in [0.1, 0.15) is 11.9 Å². The van der Waals surface area contributed by atoms with Crippen LogP contribution in [0, 0.1) is 38.0 Å². The summed E-state index contributed by atoms with van der Waals surface area (Å²) in [6, 6.07) is 8.95. The summed E-state index contributed by atoms with van der Waals surface area (Å²) in [6.45, 7) is 7.73. The van der Waals surface area contributed by atoms with Crippen molar-refractivity contribution in [1.29, 1.82) is 5.26 Å². The first-order valence-corrected chi connectivity index (χ1v) is 12.1. The molecule has 33 heavy (non-hydrogen) atoms. The molecule has 0 unspecified atom stereocenters. The summed E-state index contributed by atoms with van der Waals surface area (Å²) in [5.41, 5.74) is 3.32. The Morgan fingerprint density at radius 2 is 1.82 bits per heavy atom. The maximum atomic E-state index is 12.5. The number of anilines is 1. The van der Waals surface area contributed by atoms with E-state index >= 15 is 0 Å². The van der Waals surface area contributed by atoms with E-state index in [1.54, 1.807) is 30.9 Å². The minimum absolute atomic E-state index is 0.185. The molecule has 1 N–H and O–H groups in total. The van der Waals surface area contributed by atoms with Gasteiger partial charge in [0.05, 0.1) is 35.1 Å². The highest BCUT2D eigenvalue weighted by Crippen LogP contribution is 2.28. The number of rotatable bonds is 7. The molecule has 0 saturated carbocycles. The lowest BCUT2D eigenvalue weighted by molar-refractivity contribution is -0.123. The van der Waals surface area contributed by atoms with Gasteiger partial charge in [-0.3, -0.25) is 9.52 Å². The maximum absolute atomic E-state index is 12.5. The number of esters is 1. The van der Waals surface area contributed by atoms with Crippen molar-refractivity contribution in [1.82, 2.24) is 9.71 Å². The molecule has 1 aromatic heterocycles. The molecule has 1 aliphatic rings. The third-order valence-electron chi connectivity index (χ3n) is 5.25. The van der Waals surface area contributed by atoms with Crippen molar-refractivity contribution in [3.8, 4) is 6.07 Å². The summed E-state index contributed by atoms with van der Waals surface area (Å²) in [5.74, 6) is -1.64. The number of ether oxygens (including phenoxy) is 1. The van der Waals surface area contributed by atoms with Crippen molar-refractivity contribution in [3.05, 3.63) is 57.8 Å². The number of carbonyl (C=O) groups excluding carboxylic acids is 2. The predicted molar refractivity (Wildman–Crippen MR) is 122 cm³/mol. The molecule has 10 heteroatoms. The Bertz CT molecular complexity index is 1220. The van der Waals surface area contributed by atoms with Crippen molar-refractivity contribution in [2.24, 2.45) is 5.92 Å². The van der Waals surface area contributed by atoms with E-state index in [4.69, 9.17) is 4.74 Å². The van der Waals surface area contributed by atoms with Gasteiger partial charge in [0.15, 0.2) is 0 Å². The topological polar surface area (TPSA) is 129 Å². The van der Waals surface area contributed by atoms with E-state index in [-0.39, 0.29) is 36.6 Å². The Hall–Kier alpha value is -3.45. The van der Waals surface area contributed by atoms with Crippen LogP contribution in [0.25, 0.3) is 0 Å². The molecule has 2 heterocycles. The number of pyridine rings is 1. The first-order chi connectivity index (χ1) is 15.5. The summed E-state index contributed by atoms with van der Waals surface area (Å²) in [7, 11) is -3.85. The van der Waals surface area contributed by atoms with Crippen molar-refractivity contribution in [2.45, 2.75) is 33.4 Å². The number of sulfonamides is 1. The number of hydrogen-bond donors (Lipinski definition) is 1. The molecule has 9 nitrogen and oxygen atoms in total. The number of nitrogens with zero attached hydrogens (tertiary/aromatic N) is 3. The molecule has 1 saturated heterocycles. The van der Waals surface area contributed by atoms with E-state index in [1.807, 2.05) is 26.0 Å². The second kappa shape index (κ2) is 9.58. The number of aromatic nitrogens is 1. The van der Waals surface area contributed by atoms with E-state index in [0.717, 1.165) is 11.1 Å². The number of amides is 1. The standard InChI is InChI=1S/C23H26N4O5S/c1-5-32-23(29)20-9-18(10-24)21(25-16(20)4)27-11-19(12-27)22(28)26-33(30,31)13-17-7-14(2)6-15(3)8-17/h6-9,19H,5,11-13H2,1-4H3,(H,26,28). The lowest BCUT2D eigenvalue weighted by Gasteiger charge is -2.39. The van der Waals surface area contributed by atoms with Crippen LogP contribution >= 0.6 is 0 Å². The number of carbonyl (C=O) groups is 2. The van der Waals surface area contributed by atoms with Crippen molar-refractivity contribution in [2.75, 3.05) is 24.6 Å².